The standard InChI is InChI=1S/C19H19N5O2/c1-23(2)16-9-8-14(10-20-16)19(25)24-11-15(12-24)18-21-17(22-26-18)13-6-4-3-5-7-13/h3-10,15H,11-12H2,1-2H3. The predicted molar refractivity (Wildman–Crippen MR) is 96.9 cm³/mol. The van der Waals surface area contributed by atoms with Crippen LogP contribution in [-0.4, -0.2) is 53.1 Å². The minimum absolute atomic E-state index is 0.0261. The zero-order chi connectivity index (χ0) is 18.1. The van der Waals surface area contributed by atoms with E-state index in [4.69, 9.17) is 4.52 Å². The summed E-state index contributed by atoms with van der Waals surface area (Å²) in [4.78, 5) is 24.9. The normalized spacial score (nSPS) is 14.2. The molecule has 1 aromatic carbocycles. The lowest BCUT2D eigenvalue weighted by molar-refractivity contribution is 0.0569. The van der Waals surface area contributed by atoms with Crippen LogP contribution in [0.25, 0.3) is 11.4 Å². The Hall–Kier alpha value is -3.22. The van der Waals surface area contributed by atoms with Crippen molar-refractivity contribution in [1.82, 2.24) is 20.0 Å². The highest BCUT2D eigenvalue weighted by Crippen LogP contribution is 2.28. The van der Waals surface area contributed by atoms with Gasteiger partial charge in [-0.1, -0.05) is 35.5 Å². The van der Waals surface area contributed by atoms with Crippen LogP contribution in [0.15, 0.2) is 53.2 Å². The third-order valence-corrected chi connectivity index (χ3v) is 4.44. The SMILES string of the molecule is CN(C)c1ccc(C(=O)N2CC(c3nc(-c4ccccc4)no3)C2)cn1. The number of rotatable bonds is 4. The van der Waals surface area contributed by atoms with Crippen LogP contribution >= 0.6 is 0 Å². The minimum atomic E-state index is -0.0261. The van der Waals surface area contributed by atoms with Crippen LogP contribution in [0.3, 0.4) is 0 Å². The first-order valence-electron chi connectivity index (χ1n) is 8.43. The monoisotopic (exact) mass is 349 g/mol. The fourth-order valence-electron chi connectivity index (χ4n) is 2.87. The number of benzene rings is 1. The van der Waals surface area contributed by atoms with E-state index in [1.807, 2.05) is 55.4 Å². The van der Waals surface area contributed by atoms with Gasteiger partial charge in [-0.05, 0) is 12.1 Å². The summed E-state index contributed by atoms with van der Waals surface area (Å²) in [6.07, 6.45) is 1.62. The van der Waals surface area contributed by atoms with Crippen LogP contribution in [0, 0.1) is 0 Å². The van der Waals surface area contributed by atoms with E-state index < -0.39 is 0 Å². The second kappa shape index (κ2) is 6.59. The number of aromatic nitrogens is 3. The lowest BCUT2D eigenvalue weighted by Crippen LogP contribution is -2.48. The molecule has 0 bridgehead atoms. The third kappa shape index (κ3) is 3.03. The molecule has 1 aliphatic heterocycles. The first-order valence-corrected chi connectivity index (χ1v) is 8.43. The van der Waals surface area contributed by atoms with Gasteiger partial charge in [0, 0.05) is 38.9 Å². The van der Waals surface area contributed by atoms with E-state index in [-0.39, 0.29) is 11.8 Å². The van der Waals surface area contributed by atoms with E-state index >= 15 is 0 Å². The number of likely N-dealkylation sites (tertiary alicyclic amines) is 1. The van der Waals surface area contributed by atoms with E-state index in [1.165, 1.54) is 0 Å². The molecule has 0 saturated carbocycles. The van der Waals surface area contributed by atoms with Crippen molar-refractivity contribution in [1.29, 1.82) is 0 Å². The summed E-state index contributed by atoms with van der Waals surface area (Å²) in [5.74, 6) is 2.03. The van der Waals surface area contributed by atoms with Crippen molar-refractivity contribution < 1.29 is 9.32 Å². The predicted octanol–water partition coefficient (Wildman–Crippen LogP) is 2.44. The van der Waals surface area contributed by atoms with Gasteiger partial charge in [-0.25, -0.2) is 4.98 Å². The summed E-state index contributed by atoms with van der Waals surface area (Å²) >= 11 is 0. The second-order valence-electron chi connectivity index (χ2n) is 6.53. The number of hydrogen-bond acceptors (Lipinski definition) is 6. The van der Waals surface area contributed by atoms with Crippen molar-refractivity contribution in [3.05, 3.63) is 60.1 Å². The van der Waals surface area contributed by atoms with Crippen LogP contribution in [0.1, 0.15) is 22.2 Å². The Kier molecular flexibility index (Phi) is 4.12. The van der Waals surface area contributed by atoms with Gasteiger partial charge >= 0.3 is 0 Å². The summed E-state index contributed by atoms with van der Waals surface area (Å²) in [6.45, 7) is 1.15. The number of carbonyl (C=O) groups excluding carboxylic acids is 1. The molecule has 3 heterocycles. The summed E-state index contributed by atoms with van der Waals surface area (Å²) < 4.78 is 5.38. The quantitative estimate of drug-likeness (QED) is 0.720. The first-order chi connectivity index (χ1) is 12.6. The highest BCUT2D eigenvalue weighted by molar-refractivity contribution is 5.94. The fraction of sp³-hybridized carbons (Fsp3) is 0.263. The van der Waals surface area contributed by atoms with E-state index in [1.54, 1.807) is 17.2 Å². The Labute approximate surface area is 151 Å². The topological polar surface area (TPSA) is 75.4 Å². The summed E-state index contributed by atoms with van der Waals surface area (Å²) in [5, 5.41) is 4.04. The van der Waals surface area contributed by atoms with E-state index in [0.717, 1.165) is 11.4 Å². The molecule has 3 aromatic rings. The van der Waals surface area contributed by atoms with Gasteiger partial charge in [0.15, 0.2) is 0 Å². The molecule has 0 radical (unpaired) electrons. The zero-order valence-electron chi connectivity index (χ0n) is 14.7. The van der Waals surface area contributed by atoms with Crippen molar-refractivity contribution >= 4 is 11.7 Å². The Bertz CT molecular complexity index is 899. The van der Waals surface area contributed by atoms with Gasteiger partial charge < -0.3 is 14.3 Å². The maximum absolute atomic E-state index is 12.5. The lowest BCUT2D eigenvalue weighted by Gasteiger charge is -2.37. The van der Waals surface area contributed by atoms with Gasteiger partial charge in [-0.15, -0.1) is 0 Å². The van der Waals surface area contributed by atoms with Gasteiger partial charge in [-0.3, -0.25) is 4.79 Å². The molecular formula is C19H19N5O2. The van der Waals surface area contributed by atoms with Gasteiger partial charge in [0.2, 0.25) is 11.7 Å². The average Bonchev–Trinajstić information content (AvgIpc) is 3.11. The van der Waals surface area contributed by atoms with Crippen LogP contribution in [0.2, 0.25) is 0 Å². The Balaban J connectivity index is 1.39. The number of hydrogen-bond donors (Lipinski definition) is 0. The first kappa shape index (κ1) is 16.3. The Morgan fingerprint density at radius 1 is 1.15 bits per heavy atom. The van der Waals surface area contributed by atoms with Crippen molar-refractivity contribution in [2.75, 3.05) is 32.1 Å². The third-order valence-electron chi connectivity index (χ3n) is 4.44. The molecule has 132 valence electrons. The molecule has 4 rings (SSSR count). The smallest absolute Gasteiger partial charge is 0.255 e. The van der Waals surface area contributed by atoms with Crippen LogP contribution in [-0.2, 0) is 0 Å². The summed E-state index contributed by atoms with van der Waals surface area (Å²) in [7, 11) is 3.83. The van der Waals surface area contributed by atoms with E-state index in [9.17, 15) is 4.79 Å². The molecule has 1 saturated heterocycles. The van der Waals surface area contributed by atoms with Crippen molar-refractivity contribution in [2.45, 2.75) is 5.92 Å². The molecule has 0 unspecified atom stereocenters. The molecule has 1 aliphatic rings. The molecule has 1 fully saturated rings. The molecule has 7 nitrogen and oxygen atoms in total. The molecule has 2 aromatic heterocycles. The lowest BCUT2D eigenvalue weighted by atomic mass is 9.99. The molecule has 1 amide bonds. The highest BCUT2D eigenvalue weighted by Gasteiger charge is 2.36. The van der Waals surface area contributed by atoms with Crippen molar-refractivity contribution in [2.24, 2.45) is 0 Å². The van der Waals surface area contributed by atoms with E-state index in [0.29, 0.717) is 30.4 Å². The van der Waals surface area contributed by atoms with Crippen LogP contribution in [0.4, 0.5) is 5.82 Å². The Morgan fingerprint density at radius 3 is 2.58 bits per heavy atom. The van der Waals surface area contributed by atoms with Gasteiger partial charge in [0.05, 0.1) is 11.5 Å². The number of carbonyl (C=O) groups is 1. The second-order valence-corrected chi connectivity index (χ2v) is 6.53. The molecule has 26 heavy (non-hydrogen) atoms. The fourth-order valence-corrected chi connectivity index (χ4v) is 2.87. The molecule has 7 heteroatoms. The van der Waals surface area contributed by atoms with Crippen molar-refractivity contribution in [3.8, 4) is 11.4 Å². The minimum Gasteiger partial charge on any atom is -0.363 e. The molecule has 0 spiro atoms. The molecular weight excluding hydrogens is 330 g/mol. The molecule has 0 atom stereocenters. The number of anilines is 1. The van der Waals surface area contributed by atoms with Crippen molar-refractivity contribution in [3.63, 3.8) is 0 Å². The van der Waals surface area contributed by atoms with Crippen LogP contribution in [0.5, 0.6) is 0 Å². The Morgan fingerprint density at radius 2 is 1.92 bits per heavy atom. The highest BCUT2D eigenvalue weighted by atomic mass is 16.5. The number of pyridine rings is 1. The van der Waals surface area contributed by atoms with Gasteiger partial charge in [0.1, 0.15) is 5.82 Å². The average molecular weight is 349 g/mol. The number of nitrogens with zero attached hydrogens (tertiary/aromatic N) is 5. The number of amides is 1. The molecule has 0 aliphatic carbocycles. The molecule has 0 N–H and O–H groups in total. The van der Waals surface area contributed by atoms with Gasteiger partial charge in [-0.2, -0.15) is 4.98 Å². The van der Waals surface area contributed by atoms with Crippen LogP contribution < -0.4 is 4.90 Å². The summed E-state index contributed by atoms with van der Waals surface area (Å²) in [6, 6.07) is 13.3. The van der Waals surface area contributed by atoms with Gasteiger partial charge in [0.25, 0.3) is 5.91 Å². The maximum atomic E-state index is 12.5. The zero-order valence-corrected chi connectivity index (χ0v) is 14.7. The van der Waals surface area contributed by atoms with E-state index in [2.05, 4.69) is 15.1 Å². The summed E-state index contributed by atoms with van der Waals surface area (Å²) in [5.41, 5.74) is 1.51. The largest absolute Gasteiger partial charge is 0.363 e. The maximum Gasteiger partial charge on any atom is 0.255 e.